The average molecular weight is 195 g/mol. The summed E-state index contributed by atoms with van der Waals surface area (Å²) in [6.45, 7) is 0. The average Bonchev–Trinajstić information content (AvgIpc) is 1.85. The van der Waals surface area contributed by atoms with Crippen LogP contribution in [0.5, 0.6) is 0 Å². The molecule has 0 heterocycles. The van der Waals surface area contributed by atoms with Gasteiger partial charge in [0.25, 0.3) is 0 Å². The van der Waals surface area contributed by atoms with Crippen LogP contribution >= 0.6 is 12.4 Å². The zero-order valence-electron chi connectivity index (χ0n) is 6.82. The van der Waals surface area contributed by atoms with Gasteiger partial charge in [-0.05, 0) is 25.7 Å². The molecule has 5 heteroatoms. The number of carboxylic acid groups (broad SMARTS) is 1. The molecule has 0 aromatic rings. The number of amides is 1. The van der Waals surface area contributed by atoms with Crippen molar-refractivity contribution < 1.29 is 9.90 Å². The molecule has 12 heavy (non-hydrogen) atoms. The summed E-state index contributed by atoms with van der Waals surface area (Å²) in [4.78, 5) is 10.2. The third-order valence-corrected chi connectivity index (χ3v) is 2.04. The highest BCUT2D eigenvalue weighted by Crippen LogP contribution is 2.16. The summed E-state index contributed by atoms with van der Waals surface area (Å²) in [7, 11) is 0. The van der Waals surface area contributed by atoms with Crippen LogP contribution in [0.3, 0.4) is 0 Å². The van der Waals surface area contributed by atoms with E-state index in [0.717, 1.165) is 25.7 Å². The Hall–Kier alpha value is -0.480. The first-order valence-electron chi connectivity index (χ1n) is 3.93. The van der Waals surface area contributed by atoms with Crippen molar-refractivity contribution in [3.05, 3.63) is 0 Å². The van der Waals surface area contributed by atoms with Gasteiger partial charge in [-0.3, -0.25) is 0 Å². The zero-order valence-corrected chi connectivity index (χ0v) is 7.64. The minimum Gasteiger partial charge on any atom is -0.465 e. The molecule has 0 aromatic carbocycles. The maximum Gasteiger partial charge on any atom is 0.404 e. The summed E-state index contributed by atoms with van der Waals surface area (Å²) < 4.78 is 0. The molecule has 0 spiro atoms. The van der Waals surface area contributed by atoms with E-state index >= 15 is 0 Å². The van der Waals surface area contributed by atoms with Crippen LogP contribution in [0.4, 0.5) is 4.79 Å². The highest BCUT2D eigenvalue weighted by atomic mass is 35.5. The van der Waals surface area contributed by atoms with E-state index in [1.807, 2.05) is 0 Å². The van der Waals surface area contributed by atoms with Crippen LogP contribution in [0.25, 0.3) is 0 Å². The van der Waals surface area contributed by atoms with Gasteiger partial charge in [-0.15, -0.1) is 12.4 Å². The Morgan fingerprint density at radius 1 is 1.50 bits per heavy atom. The summed E-state index contributed by atoms with van der Waals surface area (Å²) in [6, 6.07) is 0.261. The summed E-state index contributed by atoms with van der Waals surface area (Å²) in [5.74, 6) is 0. The van der Waals surface area contributed by atoms with Gasteiger partial charge in [-0.2, -0.15) is 0 Å². The number of rotatable bonds is 1. The molecule has 2 atom stereocenters. The topological polar surface area (TPSA) is 75.3 Å². The summed E-state index contributed by atoms with van der Waals surface area (Å²) in [5, 5.41) is 10.8. The van der Waals surface area contributed by atoms with Crippen molar-refractivity contribution in [3.8, 4) is 0 Å². The lowest BCUT2D eigenvalue weighted by molar-refractivity contribution is 0.184. The second kappa shape index (κ2) is 5.22. The number of halogens is 1. The lowest BCUT2D eigenvalue weighted by atomic mass is 9.92. The van der Waals surface area contributed by atoms with Gasteiger partial charge in [-0.25, -0.2) is 4.79 Å². The molecule has 1 amide bonds. The molecule has 4 nitrogen and oxygen atoms in total. The zero-order chi connectivity index (χ0) is 8.27. The first-order chi connectivity index (χ1) is 5.18. The van der Waals surface area contributed by atoms with Crippen LogP contribution in [-0.2, 0) is 0 Å². The first kappa shape index (κ1) is 11.5. The Bertz CT molecular complexity index is 154. The molecule has 72 valence electrons. The van der Waals surface area contributed by atoms with Crippen molar-refractivity contribution >= 4 is 18.5 Å². The van der Waals surface area contributed by atoms with E-state index in [9.17, 15) is 4.79 Å². The number of nitrogens with one attached hydrogen (secondary N) is 1. The normalized spacial score (nSPS) is 28.8. The standard InChI is InChI=1S/C7H14N2O2.ClH/c8-5-2-1-3-6(4-5)9-7(10)11;/h5-6,9H,1-4,8H2,(H,10,11);1H/t5-,6+;/m1./s1. The molecule has 4 N–H and O–H groups in total. The Morgan fingerprint density at radius 2 is 2.17 bits per heavy atom. The molecule has 1 rings (SSSR count). The molecule has 0 saturated heterocycles. The molecular formula is C7H15ClN2O2. The lowest BCUT2D eigenvalue weighted by Gasteiger charge is -2.26. The maximum atomic E-state index is 10.2. The Kier molecular flexibility index (Phi) is 5.01. The van der Waals surface area contributed by atoms with Crippen molar-refractivity contribution in [1.29, 1.82) is 0 Å². The van der Waals surface area contributed by atoms with E-state index in [1.165, 1.54) is 0 Å². The molecule has 0 radical (unpaired) electrons. The van der Waals surface area contributed by atoms with E-state index in [2.05, 4.69) is 5.32 Å². The summed E-state index contributed by atoms with van der Waals surface area (Å²) >= 11 is 0. The molecule has 1 aliphatic rings. The van der Waals surface area contributed by atoms with Gasteiger partial charge in [0.15, 0.2) is 0 Å². The van der Waals surface area contributed by atoms with Gasteiger partial charge in [0.2, 0.25) is 0 Å². The fraction of sp³-hybridized carbons (Fsp3) is 0.857. The van der Waals surface area contributed by atoms with E-state index in [1.54, 1.807) is 0 Å². The van der Waals surface area contributed by atoms with E-state index in [0.29, 0.717) is 0 Å². The minimum atomic E-state index is -0.941. The van der Waals surface area contributed by atoms with Gasteiger partial charge in [0.1, 0.15) is 0 Å². The quantitative estimate of drug-likeness (QED) is 0.582. The predicted octanol–water partition coefficient (Wildman–Crippen LogP) is 0.946. The smallest absolute Gasteiger partial charge is 0.404 e. The van der Waals surface area contributed by atoms with Crippen LogP contribution in [0, 0.1) is 0 Å². The number of hydrogen-bond donors (Lipinski definition) is 3. The number of nitrogens with two attached hydrogens (primary N) is 1. The molecule has 0 bridgehead atoms. The third kappa shape index (κ3) is 3.78. The molecule has 1 aliphatic carbocycles. The van der Waals surface area contributed by atoms with Crippen molar-refractivity contribution in [2.45, 2.75) is 37.8 Å². The van der Waals surface area contributed by atoms with Crippen LogP contribution in [0.1, 0.15) is 25.7 Å². The Balaban J connectivity index is 0.00000121. The molecule has 1 saturated carbocycles. The lowest BCUT2D eigenvalue weighted by Crippen LogP contribution is -2.41. The SMILES string of the molecule is Cl.N[C@@H]1CCC[C@H](NC(=O)O)C1. The van der Waals surface area contributed by atoms with Crippen LogP contribution in [0.2, 0.25) is 0 Å². The van der Waals surface area contributed by atoms with E-state index in [-0.39, 0.29) is 24.5 Å². The van der Waals surface area contributed by atoms with Gasteiger partial charge in [0, 0.05) is 12.1 Å². The van der Waals surface area contributed by atoms with Crippen LogP contribution in [-0.4, -0.2) is 23.3 Å². The van der Waals surface area contributed by atoms with E-state index < -0.39 is 6.09 Å². The van der Waals surface area contributed by atoms with Gasteiger partial charge in [-0.1, -0.05) is 0 Å². The second-order valence-corrected chi connectivity index (χ2v) is 3.07. The fourth-order valence-corrected chi connectivity index (χ4v) is 1.53. The Morgan fingerprint density at radius 3 is 2.67 bits per heavy atom. The highest BCUT2D eigenvalue weighted by Gasteiger charge is 2.19. The van der Waals surface area contributed by atoms with Gasteiger partial charge < -0.3 is 16.2 Å². The van der Waals surface area contributed by atoms with Crippen LogP contribution in [0.15, 0.2) is 0 Å². The molecule has 0 aromatic heterocycles. The number of hydrogen-bond acceptors (Lipinski definition) is 2. The fourth-order valence-electron chi connectivity index (χ4n) is 1.53. The number of carbonyl (C=O) groups is 1. The van der Waals surface area contributed by atoms with Crippen molar-refractivity contribution in [1.82, 2.24) is 5.32 Å². The molecule has 1 fully saturated rings. The predicted molar refractivity (Wildman–Crippen MR) is 48.6 cm³/mol. The first-order valence-corrected chi connectivity index (χ1v) is 3.93. The van der Waals surface area contributed by atoms with Crippen molar-refractivity contribution in [2.24, 2.45) is 5.73 Å². The Labute approximate surface area is 77.9 Å². The van der Waals surface area contributed by atoms with Gasteiger partial charge in [0.05, 0.1) is 0 Å². The maximum absolute atomic E-state index is 10.2. The van der Waals surface area contributed by atoms with Crippen molar-refractivity contribution in [2.75, 3.05) is 0 Å². The summed E-state index contributed by atoms with van der Waals surface area (Å²) in [6.07, 6.45) is 2.83. The molecule has 0 aliphatic heterocycles. The highest BCUT2D eigenvalue weighted by molar-refractivity contribution is 5.85. The largest absolute Gasteiger partial charge is 0.465 e. The minimum absolute atomic E-state index is 0. The molecular weight excluding hydrogens is 180 g/mol. The second-order valence-electron chi connectivity index (χ2n) is 3.07. The van der Waals surface area contributed by atoms with Gasteiger partial charge >= 0.3 is 6.09 Å². The monoisotopic (exact) mass is 194 g/mol. The van der Waals surface area contributed by atoms with Crippen LogP contribution < -0.4 is 11.1 Å². The van der Waals surface area contributed by atoms with E-state index in [4.69, 9.17) is 10.8 Å². The third-order valence-electron chi connectivity index (χ3n) is 2.04. The molecule has 0 unspecified atom stereocenters. The van der Waals surface area contributed by atoms with Crippen molar-refractivity contribution in [3.63, 3.8) is 0 Å². The summed E-state index contributed by atoms with van der Waals surface area (Å²) in [5.41, 5.74) is 5.67.